The van der Waals surface area contributed by atoms with Crippen molar-refractivity contribution >= 4 is 41.4 Å². The maximum absolute atomic E-state index is 13.1. The molecule has 0 aliphatic carbocycles. The summed E-state index contributed by atoms with van der Waals surface area (Å²) >= 11 is 1.55. The second kappa shape index (κ2) is 17.0. The molecular formula is C22H43N7O5S. The number of nitrogens with two attached hydrogens (primary N) is 3. The van der Waals surface area contributed by atoms with Crippen molar-refractivity contribution in [3.63, 3.8) is 0 Å². The first kappa shape index (κ1) is 32.5. The molecule has 0 spiro atoms. The summed E-state index contributed by atoms with van der Waals surface area (Å²) in [7, 11) is 0. The minimum absolute atomic E-state index is 0.0308. The van der Waals surface area contributed by atoms with Gasteiger partial charge in [0.05, 0.1) is 6.04 Å². The molecule has 0 heterocycles. The van der Waals surface area contributed by atoms with Crippen molar-refractivity contribution in [3.05, 3.63) is 0 Å². The van der Waals surface area contributed by atoms with Gasteiger partial charge in [0.1, 0.15) is 18.1 Å². The van der Waals surface area contributed by atoms with Crippen molar-refractivity contribution in [1.82, 2.24) is 16.0 Å². The Morgan fingerprint density at radius 2 is 1.49 bits per heavy atom. The zero-order chi connectivity index (χ0) is 27.1. The number of amides is 3. The van der Waals surface area contributed by atoms with Gasteiger partial charge in [-0.3, -0.25) is 19.4 Å². The van der Waals surface area contributed by atoms with E-state index in [1.165, 1.54) is 0 Å². The standard InChI is InChI=1S/C22H43N7O5S/c1-12(2)11-16(20(32)29-17(13(3)4)21(33)34)28-19(31)15(7-6-9-26-22(24)25)27-18(30)14(23)8-10-35-5/h12-17H,6-11,23H2,1-5H3,(H,27,30)(H,28,31)(H,29,32)(H,33,34)(H4,24,25,26). The second-order valence-electron chi connectivity index (χ2n) is 9.16. The van der Waals surface area contributed by atoms with Gasteiger partial charge in [-0.05, 0) is 49.5 Å². The van der Waals surface area contributed by atoms with E-state index in [0.29, 0.717) is 18.6 Å². The Hall–Kier alpha value is -2.54. The Kier molecular flexibility index (Phi) is 15.7. The molecule has 35 heavy (non-hydrogen) atoms. The van der Waals surface area contributed by atoms with Crippen LogP contribution in [-0.2, 0) is 19.2 Å². The highest BCUT2D eigenvalue weighted by atomic mass is 32.2. The van der Waals surface area contributed by atoms with Gasteiger partial charge in [0.25, 0.3) is 0 Å². The van der Waals surface area contributed by atoms with Crippen LogP contribution in [0.4, 0.5) is 0 Å². The van der Waals surface area contributed by atoms with Gasteiger partial charge in [0, 0.05) is 6.54 Å². The average molecular weight is 518 g/mol. The van der Waals surface area contributed by atoms with Gasteiger partial charge >= 0.3 is 5.97 Å². The Morgan fingerprint density at radius 1 is 0.914 bits per heavy atom. The molecule has 0 aliphatic rings. The van der Waals surface area contributed by atoms with Gasteiger partial charge in [-0.1, -0.05) is 27.7 Å². The maximum atomic E-state index is 13.1. The fourth-order valence-electron chi connectivity index (χ4n) is 3.17. The summed E-state index contributed by atoms with van der Waals surface area (Å²) in [6, 6.07) is -3.84. The van der Waals surface area contributed by atoms with Gasteiger partial charge in [0.2, 0.25) is 17.7 Å². The minimum atomic E-state index is -1.16. The summed E-state index contributed by atoms with van der Waals surface area (Å²) in [6.45, 7) is 7.37. The number of carboxylic acids is 1. The lowest BCUT2D eigenvalue weighted by Crippen LogP contribution is -2.57. The molecule has 0 saturated heterocycles. The van der Waals surface area contributed by atoms with E-state index >= 15 is 0 Å². The number of thioether (sulfide) groups is 1. The van der Waals surface area contributed by atoms with E-state index in [1.807, 2.05) is 20.1 Å². The van der Waals surface area contributed by atoms with Crippen LogP contribution in [0.5, 0.6) is 0 Å². The van der Waals surface area contributed by atoms with Crippen LogP contribution in [0.25, 0.3) is 0 Å². The van der Waals surface area contributed by atoms with Crippen LogP contribution in [0.3, 0.4) is 0 Å². The quantitative estimate of drug-likeness (QED) is 0.0740. The molecule has 0 bridgehead atoms. The lowest BCUT2D eigenvalue weighted by Gasteiger charge is -2.27. The molecule has 13 heteroatoms. The van der Waals surface area contributed by atoms with Crippen molar-refractivity contribution in [3.8, 4) is 0 Å². The van der Waals surface area contributed by atoms with E-state index in [-0.39, 0.29) is 37.2 Å². The molecule has 0 aromatic heterocycles. The highest BCUT2D eigenvalue weighted by Gasteiger charge is 2.31. The summed E-state index contributed by atoms with van der Waals surface area (Å²) in [5.74, 6) is -2.52. The Bertz CT molecular complexity index is 729. The van der Waals surface area contributed by atoms with Crippen molar-refractivity contribution in [2.75, 3.05) is 18.6 Å². The first-order chi connectivity index (χ1) is 16.3. The topological polar surface area (TPSA) is 215 Å². The number of nitrogens with zero attached hydrogens (tertiary/aromatic N) is 1. The first-order valence-electron chi connectivity index (χ1n) is 11.7. The summed E-state index contributed by atoms with van der Waals surface area (Å²) in [5, 5.41) is 17.3. The fourth-order valence-corrected chi connectivity index (χ4v) is 3.66. The number of hydrogen-bond acceptors (Lipinski definition) is 7. The van der Waals surface area contributed by atoms with Crippen LogP contribution >= 0.6 is 11.8 Å². The summed E-state index contributed by atoms with van der Waals surface area (Å²) < 4.78 is 0. The number of hydrogen-bond donors (Lipinski definition) is 7. The number of rotatable bonds is 17. The smallest absolute Gasteiger partial charge is 0.326 e. The molecule has 0 saturated carbocycles. The Morgan fingerprint density at radius 3 is 1.97 bits per heavy atom. The predicted molar refractivity (Wildman–Crippen MR) is 139 cm³/mol. The summed E-state index contributed by atoms with van der Waals surface area (Å²) in [4.78, 5) is 54.0. The summed E-state index contributed by atoms with van der Waals surface area (Å²) in [5.41, 5.74) is 16.6. The second-order valence-corrected chi connectivity index (χ2v) is 10.1. The minimum Gasteiger partial charge on any atom is -0.480 e. The molecule has 202 valence electrons. The van der Waals surface area contributed by atoms with Gasteiger partial charge < -0.3 is 38.3 Å². The van der Waals surface area contributed by atoms with Gasteiger partial charge in [0.15, 0.2) is 5.96 Å². The van der Waals surface area contributed by atoms with Crippen LogP contribution in [-0.4, -0.2) is 77.5 Å². The average Bonchev–Trinajstić information content (AvgIpc) is 2.75. The molecule has 0 aromatic rings. The van der Waals surface area contributed by atoms with Crippen molar-refractivity contribution in [2.24, 2.45) is 34.0 Å². The van der Waals surface area contributed by atoms with E-state index in [0.717, 1.165) is 0 Å². The number of nitrogens with one attached hydrogen (secondary N) is 3. The maximum Gasteiger partial charge on any atom is 0.326 e. The van der Waals surface area contributed by atoms with Crippen LogP contribution in [0.1, 0.15) is 53.4 Å². The van der Waals surface area contributed by atoms with Crippen LogP contribution < -0.4 is 33.2 Å². The molecule has 0 aromatic carbocycles. The lowest BCUT2D eigenvalue weighted by molar-refractivity contribution is -0.143. The van der Waals surface area contributed by atoms with Crippen molar-refractivity contribution in [2.45, 2.75) is 77.5 Å². The number of aliphatic imine (C=N–C) groups is 1. The third-order valence-electron chi connectivity index (χ3n) is 5.12. The van der Waals surface area contributed by atoms with Gasteiger partial charge in [-0.25, -0.2) is 4.79 Å². The van der Waals surface area contributed by atoms with E-state index in [9.17, 15) is 24.3 Å². The van der Waals surface area contributed by atoms with E-state index in [4.69, 9.17) is 17.2 Å². The zero-order valence-electron chi connectivity index (χ0n) is 21.4. The molecular weight excluding hydrogens is 474 g/mol. The van der Waals surface area contributed by atoms with Crippen LogP contribution in [0.15, 0.2) is 4.99 Å². The van der Waals surface area contributed by atoms with Crippen LogP contribution in [0, 0.1) is 11.8 Å². The highest BCUT2D eigenvalue weighted by Crippen LogP contribution is 2.10. The molecule has 0 fully saturated rings. The first-order valence-corrected chi connectivity index (χ1v) is 13.1. The number of carboxylic acid groups (broad SMARTS) is 1. The predicted octanol–water partition coefficient (Wildman–Crippen LogP) is -0.638. The van der Waals surface area contributed by atoms with Gasteiger partial charge in [-0.15, -0.1) is 0 Å². The largest absolute Gasteiger partial charge is 0.480 e. The number of guanidine groups is 1. The molecule has 12 nitrogen and oxygen atoms in total. The summed E-state index contributed by atoms with van der Waals surface area (Å²) in [6.07, 6.45) is 3.23. The third-order valence-corrected chi connectivity index (χ3v) is 5.76. The molecule has 0 rings (SSSR count). The Labute approximate surface area is 212 Å². The normalized spacial score (nSPS) is 14.5. The number of carbonyl (C=O) groups is 4. The van der Waals surface area contributed by atoms with E-state index in [2.05, 4.69) is 20.9 Å². The highest BCUT2D eigenvalue weighted by molar-refractivity contribution is 7.98. The number of carbonyl (C=O) groups excluding carboxylic acids is 3. The van der Waals surface area contributed by atoms with Gasteiger partial charge in [-0.2, -0.15) is 11.8 Å². The molecule has 0 radical (unpaired) electrons. The van der Waals surface area contributed by atoms with Crippen LogP contribution in [0.2, 0.25) is 0 Å². The zero-order valence-corrected chi connectivity index (χ0v) is 22.2. The monoisotopic (exact) mass is 517 g/mol. The van der Waals surface area contributed by atoms with E-state index < -0.39 is 47.9 Å². The molecule has 4 atom stereocenters. The molecule has 0 aliphatic heterocycles. The fraction of sp³-hybridized carbons (Fsp3) is 0.773. The van der Waals surface area contributed by atoms with E-state index in [1.54, 1.807) is 25.6 Å². The lowest BCUT2D eigenvalue weighted by atomic mass is 9.99. The third kappa shape index (κ3) is 13.8. The SMILES string of the molecule is CSCCC(N)C(=O)NC(CCCN=C(N)N)C(=O)NC(CC(C)C)C(=O)NC(C(=O)O)C(C)C. The van der Waals surface area contributed by atoms with Crippen molar-refractivity contribution < 1.29 is 24.3 Å². The number of aliphatic carboxylic acids is 1. The molecule has 3 amide bonds. The molecule has 4 unspecified atom stereocenters. The van der Waals surface area contributed by atoms with Crippen molar-refractivity contribution in [1.29, 1.82) is 0 Å². The Balaban J connectivity index is 5.56. The molecule has 10 N–H and O–H groups in total.